The van der Waals surface area contributed by atoms with Gasteiger partial charge < -0.3 is 5.11 Å². The normalized spacial score (nSPS) is 11.7. The van der Waals surface area contributed by atoms with Crippen LogP contribution in [0.5, 0.6) is 5.75 Å². The maximum Gasteiger partial charge on any atom is 0.236 e. The molecular weight excluding hydrogens is 273 g/mol. The molecule has 15 heavy (non-hydrogen) atoms. The second kappa shape index (κ2) is 4.11. The number of hydrogen-bond acceptors (Lipinski definition) is 3. The molecule has 0 saturated heterocycles. The van der Waals surface area contributed by atoms with Crippen molar-refractivity contribution in [2.45, 2.75) is 5.75 Å². The van der Waals surface area contributed by atoms with E-state index in [4.69, 9.17) is 27.4 Å². The van der Waals surface area contributed by atoms with Crippen LogP contribution in [0.1, 0.15) is 5.56 Å². The van der Waals surface area contributed by atoms with Gasteiger partial charge in [0.05, 0.1) is 10.8 Å². The highest BCUT2D eigenvalue weighted by Crippen LogP contribution is 2.31. The van der Waals surface area contributed by atoms with Gasteiger partial charge in [-0.1, -0.05) is 11.6 Å². The van der Waals surface area contributed by atoms with Crippen LogP contribution >= 0.6 is 22.3 Å². The molecule has 3 nitrogen and oxygen atoms in total. The zero-order chi connectivity index (χ0) is 11.8. The SMILES string of the molecule is O=S(=O)(Cl)Cc1cc(Cl)c(O)c(F)c1F. The lowest BCUT2D eigenvalue weighted by atomic mass is 10.2. The minimum atomic E-state index is -4.02. The summed E-state index contributed by atoms with van der Waals surface area (Å²) in [5, 5.41) is 8.40. The Kier molecular flexibility index (Phi) is 3.42. The van der Waals surface area contributed by atoms with Gasteiger partial charge >= 0.3 is 0 Å². The summed E-state index contributed by atoms with van der Waals surface area (Å²) < 4.78 is 47.2. The third kappa shape index (κ3) is 2.93. The molecule has 0 fully saturated rings. The van der Waals surface area contributed by atoms with Gasteiger partial charge in [-0.2, -0.15) is 4.39 Å². The molecule has 0 radical (unpaired) electrons. The zero-order valence-corrected chi connectivity index (χ0v) is 9.30. The minimum Gasteiger partial charge on any atom is -0.504 e. The van der Waals surface area contributed by atoms with Crippen molar-refractivity contribution >= 4 is 31.3 Å². The van der Waals surface area contributed by atoms with E-state index in [1.807, 2.05) is 0 Å². The highest BCUT2D eigenvalue weighted by molar-refractivity contribution is 8.13. The average molecular weight is 277 g/mol. The van der Waals surface area contributed by atoms with Crippen LogP contribution in [0.15, 0.2) is 6.07 Å². The fourth-order valence-electron chi connectivity index (χ4n) is 0.925. The molecule has 0 aliphatic carbocycles. The van der Waals surface area contributed by atoms with Gasteiger partial charge in [0.1, 0.15) is 0 Å². The van der Waals surface area contributed by atoms with E-state index < -0.39 is 42.8 Å². The summed E-state index contributed by atoms with van der Waals surface area (Å²) in [4.78, 5) is 0. The van der Waals surface area contributed by atoms with Crippen LogP contribution in [0.3, 0.4) is 0 Å². The number of benzene rings is 1. The zero-order valence-electron chi connectivity index (χ0n) is 6.97. The van der Waals surface area contributed by atoms with Gasteiger partial charge in [0.15, 0.2) is 11.6 Å². The van der Waals surface area contributed by atoms with Gasteiger partial charge in [-0.25, -0.2) is 12.8 Å². The van der Waals surface area contributed by atoms with E-state index in [0.29, 0.717) is 0 Å². The molecule has 0 heterocycles. The molecule has 1 aromatic carbocycles. The maximum absolute atomic E-state index is 13.1. The second-order valence-electron chi connectivity index (χ2n) is 2.68. The van der Waals surface area contributed by atoms with Crippen molar-refractivity contribution in [1.82, 2.24) is 0 Å². The third-order valence-corrected chi connectivity index (χ3v) is 2.81. The van der Waals surface area contributed by atoms with Crippen molar-refractivity contribution in [2.75, 3.05) is 0 Å². The lowest BCUT2D eigenvalue weighted by Gasteiger charge is -2.05. The first-order valence-electron chi connectivity index (χ1n) is 3.50. The van der Waals surface area contributed by atoms with E-state index in [1.165, 1.54) is 0 Å². The first-order chi connectivity index (χ1) is 6.72. The Morgan fingerprint density at radius 2 is 1.87 bits per heavy atom. The van der Waals surface area contributed by atoms with Gasteiger partial charge in [0, 0.05) is 16.2 Å². The molecule has 0 unspecified atom stereocenters. The number of phenols is 1. The van der Waals surface area contributed by atoms with Crippen molar-refractivity contribution in [3.8, 4) is 5.75 Å². The molecule has 1 aromatic rings. The average Bonchev–Trinajstić information content (AvgIpc) is 2.08. The van der Waals surface area contributed by atoms with Crippen molar-refractivity contribution in [3.05, 3.63) is 28.3 Å². The number of hydrogen-bond donors (Lipinski definition) is 1. The van der Waals surface area contributed by atoms with Crippen LogP contribution in [0.25, 0.3) is 0 Å². The molecule has 0 aromatic heterocycles. The van der Waals surface area contributed by atoms with Crippen molar-refractivity contribution < 1.29 is 22.3 Å². The third-order valence-electron chi connectivity index (χ3n) is 1.54. The molecule has 0 saturated carbocycles. The molecule has 0 amide bonds. The molecule has 1 rings (SSSR count). The number of phenolic OH excluding ortho intramolecular Hbond substituents is 1. The van der Waals surface area contributed by atoms with Crippen molar-refractivity contribution in [1.29, 1.82) is 0 Å². The summed E-state index contributed by atoms with van der Waals surface area (Å²) >= 11 is 5.33. The maximum atomic E-state index is 13.1. The van der Waals surface area contributed by atoms with Crippen LogP contribution in [0.4, 0.5) is 8.78 Å². The van der Waals surface area contributed by atoms with Gasteiger partial charge in [-0.05, 0) is 6.07 Å². The standard InChI is InChI=1S/C7H4Cl2F2O3S/c8-4-1-3(2-15(9,13)14)5(10)6(11)7(4)12/h1,12H,2H2. The molecule has 84 valence electrons. The van der Waals surface area contributed by atoms with Crippen molar-refractivity contribution in [2.24, 2.45) is 0 Å². The lowest BCUT2D eigenvalue weighted by Crippen LogP contribution is -2.01. The molecule has 1 N–H and O–H groups in total. The van der Waals surface area contributed by atoms with Crippen LogP contribution in [0.2, 0.25) is 5.02 Å². The molecule has 0 aliphatic rings. The molecule has 0 bridgehead atoms. The van der Waals surface area contributed by atoms with E-state index >= 15 is 0 Å². The monoisotopic (exact) mass is 276 g/mol. The van der Waals surface area contributed by atoms with Crippen LogP contribution in [-0.2, 0) is 14.8 Å². The predicted molar refractivity (Wildman–Crippen MR) is 51.5 cm³/mol. The quantitative estimate of drug-likeness (QED) is 0.667. The number of aromatic hydroxyl groups is 1. The Hall–Kier alpha value is -0.590. The summed E-state index contributed by atoms with van der Waals surface area (Å²) in [6, 6.07) is 0.801. The van der Waals surface area contributed by atoms with E-state index in [2.05, 4.69) is 0 Å². The van der Waals surface area contributed by atoms with E-state index in [1.54, 1.807) is 0 Å². The number of halogens is 4. The van der Waals surface area contributed by atoms with Crippen molar-refractivity contribution in [3.63, 3.8) is 0 Å². The fraction of sp³-hybridized carbons (Fsp3) is 0.143. The Morgan fingerprint density at radius 3 is 2.33 bits per heavy atom. The van der Waals surface area contributed by atoms with Crippen LogP contribution in [0, 0.1) is 11.6 Å². The Labute approximate surface area is 93.7 Å². The van der Waals surface area contributed by atoms with Crippen LogP contribution in [-0.4, -0.2) is 13.5 Å². The smallest absolute Gasteiger partial charge is 0.236 e. The molecule has 0 spiro atoms. The summed E-state index contributed by atoms with van der Waals surface area (Å²) in [5.74, 6) is -5.05. The van der Waals surface area contributed by atoms with E-state index in [-0.39, 0.29) is 0 Å². The molecular formula is C7H4Cl2F2O3S. The largest absolute Gasteiger partial charge is 0.504 e. The summed E-state index contributed by atoms with van der Waals surface area (Å²) in [5.41, 5.74) is -0.537. The molecule has 8 heteroatoms. The minimum absolute atomic E-state index is 0.482. The Bertz CT molecular complexity index is 501. The number of rotatable bonds is 2. The van der Waals surface area contributed by atoms with E-state index in [9.17, 15) is 17.2 Å². The topological polar surface area (TPSA) is 54.4 Å². The molecule has 0 aliphatic heterocycles. The highest BCUT2D eigenvalue weighted by atomic mass is 35.7. The fourth-order valence-corrected chi connectivity index (χ4v) is 2.07. The second-order valence-corrected chi connectivity index (χ2v) is 5.86. The Balaban J connectivity index is 3.33. The first-order valence-corrected chi connectivity index (χ1v) is 6.35. The van der Waals surface area contributed by atoms with Gasteiger partial charge in [-0.3, -0.25) is 0 Å². The molecule has 0 atom stereocenters. The van der Waals surface area contributed by atoms with Gasteiger partial charge in [-0.15, -0.1) is 0 Å². The van der Waals surface area contributed by atoms with Gasteiger partial charge in [0.25, 0.3) is 0 Å². The predicted octanol–water partition coefficient (Wildman–Crippen LogP) is 2.39. The Morgan fingerprint density at radius 1 is 1.33 bits per heavy atom. The van der Waals surface area contributed by atoms with Crippen LogP contribution < -0.4 is 0 Å². The van der Waals surface area contributed by atoms with E-state index in [0.717, 1.165) is 6.07 Å². The first kappa shape index (κ1) is 12.5. The summed E-state index contributed by atoms with van der Waals surface area (Å²) in [6.07, 6.45) is 0. The van der Waals surface area contributed by atoms with Gasteiger partial charge in [0.2, 0.25) is 14.9 Å². The summed E-state index contributed by atoms with van der Waals surface area (Å²) in [7, 11) is 0.841. The lowest BCUT2D eigenvalue weighted by molar-refractivity contribution is 0.405. The summed E-state index contributed by atoms with van der Waals surface area (Å²) in [6.45, 7) is 0. The highest BCUT2D eigenvalue weighted by Gasteiger charge is 2.20.